The van der Waals surface area contributed by atoms with Gasteiger partial charge in [0.2, 0.25) is 0 Å². The molecule has 0 heterocycles. The average Bonchev–Trinajstić information content (AvgIpc) is 3.49. The van der Waals surface area contributed by atoms with Crippen LogP contribution in [-0.2, 0) is 10.2 Å². The van der Waals surface area contributed by atoms with Gasteiger partial charge in [0.15, 0.2) is 0 Å². The van der Waals surface area contributed by atoms with E-state index in [0.717, 1.165) is 34.3 Å². The Labute approximate surface area is 304 Å². The van der Waals surface area contributed by atoms with E-state index >= 15 is 0 Å². The fourth-order valence-corrected chi connectivity index (χ4v) is 8.61. The summed E-state index contributed by atoms with van der Waals surface area (Å²) < 4.78 is 11.7. The van der Waals surface area contributed by atoms with Crippen molar-refractivity contribution in [1.29, 1.82) is 0 Å². The van der Waals surface area contributed by atoms with E-state index in [1.54, 1.807) is 0 Å². The molecule has 0 saturated carbocycles. The van der Waals surface area contributed by atoms with Crippen LogP contribution in [0.4, 0.5) is 0 Å². The zero-order valence-corrected chi connectivity index (χ0v) is 29.2. The molecular weight excluding hydrogens is 641 g/mol. The third-order valence-corrected chi connectivity index (χ3v) is 11.0. The molecule has 0 spiro atoms. The van der Waals surface area contributed by atoms with E-state index in [9.17, 15) is 10.2 Å². The summed E-state index contributed by atoms with van der Waals surface area (Å²) >= 11 is 0. The molecule has 0 aromatic heterocycles. The van der Waals surface area contributed by atoms with Crippen molar-refractivity contribution in [3.63, 3.8) is 0 Å². The lowest BCUT2D eigenvalue weighted by Gasteiger charge is -2.35. The maximum absolute atomic E-state index is 9.40. The Hall–Kier alpha value is -5.68. The van der Waals surface area contributed by atoms with Gasteiger partial charge in [0.25, 0.3) is 0 Å². The Kier molecular flexibility index (Phi) is 8.15. The van der Waals surface area contributed by atoms with Crippen LogP contribution < -0.4 is 4.74 Å². The molecule has 2 atom stereocenters. The molecule has 4 nitrogen and oxygen atoms in total. The van der Waals surface area contributed by atoms with Crippen LogP contribution in [0.25, 0.3) is 49.9 Å². The van der Waals surface area contributed by atoms with E-state index < -0.39 is 5.41 Å². The number of ether oxygens (including phenoxy) is 2. The highest BCUT2D eigenvalue weighted by atomic mass is 16.5. The second-order valence-electron chi connectivity index (χ2n) is 14.0. The van der Waals surface area contributed by atoms with E-state index in [4.69, 9.17) is 9.47 Å². The van der Waals surface area contributed by atoms with Crippen molar-refractivity contribution in [3.05, 3.63) is 179 Å². The largest absolute Gasteiger partial charge is 0.496 e. The zero-order chi connectivity index (χ0) is 35.2. The zero-order valence-electron chi connectivity index (χ0n) is 29.2. The van der Waals surface area contributed by atoms with Crippen LogP contribution in [-0.4, -0.2) is 36.6 Å². The first-order valence-corrected chi connectivity index (χ1v) is 18.2. The van der Waals surface area contributed by atoms with Gasteiger partial charge in [0.1, 0.15) is 19.0 Å². The van der Waals surface area contributed by atoms with Gasteiger partial charge in [0, 0.05) is 6.42 Å². The third kappa shape index (κ3) is 5.30. The van der Waals surface area contributed by atoms with E-state index in [0.29, 0.717) is 6.61 Å². The SMILES string of the molecule is CC1CC(OCCO)=Cc2ccc(C3(c4ccc5cc(OCCO)ccc5c4)c4ccccc4-c4ccc(-c5ccc6ccccc6c5)cc43)cc21. The standard InChI is InChI=1S/C48H40O4/c1-31-24-42(52-23-21-50)28-38-13-17-40(30-45(31)38)48(39-16-12-36-27-41(51-22-20-49)18-14-35(36)26-39)46-9-5-4-8-43(46)44-19-15-37(29-47(44)48)34-11-10-32-6-2-3-7-33(32)25-34/h2-19,25-31,49-50H,20-24H2,1H3. The van der Waals surface area contributed by atoms with Crippen LogP contribution in [0, 0.1) is 0 Å². The van der Waals surface area contributed by atoms with Crippen molar-refractivity contribution < 1.29 is 19.7 Å². The first-order chi connectivity index (χ1) is 25.6. The molecule has 4 heteroatoms. The van der Waals surface area contributed by atoms with E-state index in [1.807, 2.05) is 6.07 Å². The van der Waals surface area contributed by atoms with Crippen molar-refractivity contribution in [1.82, 2.24) is 0 Å². The van der Waals surface area contributed by atoms with Crippen LogP contribution in [0.5, 0.6) is 5.75 Å². The van der Waals surface area contributed by atoms with Crippen molar-refractivity contribution in [2.45, 2.75) is 24.7 Å². The number of benzene rings is 7. The van der Waals surface area contributed by atoms with Gasteiger partial charge in [0.05, 0.1) is 24.4 Å². The second kappa shape index (κ2) is 13.1. The minimum absolute atomic E-state index is 0.00278. The van der Waals surface area contributed by atoms with Crippen LogP contribution >= 0.6 is 0 Å². The molecule has 2 aliphatic rings. The van der Waals surface area contributed by atoms with Crippen molar-refractivity contribution in [3.8, 4) is 28.0 Å². The summed E-state index contributed by atoms with van der Waals surface area (Å²) in [5.41, 5.74) is 11.7. The number of allylic oxidation sites excluding steroid dienone is 1. The third-order valence-electron chi connectivity index (χ3n) is 11.0. The summed E-state index contributed by atoms with van der Waals surface area (Å²) in [4.78, 5) is 0. The normalized spacial score (nSPS) is 17.4. The molecule has 9 rings (SSSR count). The van der Waals surface area contributed by atoms with Crippen molar-refractivity contribution >= 4 is 27.6 Å². The van der Waals surface area contributed by atoms with Gasteiger partial charge in [-0.2, -0.15) is 0 Å². The quantitative estimate of drug-likeness (QED) is 0.159. The molecule has 7 aromatic carbocycles. The summed E-state index contributed by atoms with van der Waals surface area (Å²) in [6.45, 7) is 2.82. The predicted molar refractivity (Wildman–Crippen MR) is 211 cm³/mol. The summed E-state index contributed by atoms with van der Waals surface area (Å²) in [5.74, 6) is 1.92. The van der Waals surface area contributed by atoms with Gasteiger partial charge in [-0.3, -0.25) is 0 Å². The molecule has 0 aliphatic heterocycles. The highest BCUT2D eigenvalue weighted by Gasteiger charge is 2.46. The van der Waals surface area contributed by atoms with Gasteiger partial charge in [-0.05, 0) is 120 Å². The molecule has 0 saturated heterocycles. The highest BCUT2D eigenvalue weighted by Crippen LogP contribution is 2.57. The first-order valence-electron chi connectivity index (χ1n) is 18.2. The smallest absolute Gasteiger partial charge is 0.120 e. The number of hydrogen-bond acceptors (Lipinski definition) is 4. The Balaban J connectivity index is 1.30. The molecule has 2 aliphatic carbocycles. The molecule has 7 aromatic rings. The van der Waals surface area contributed by atoms with Crippen LogP contribution in [0.3, 0.4) is 0 Å². The van der Waals surface area contributed by atoms with E-state index in [2.05, 4.69) is 146 Å². The lowest BCUT2D eigenvalue weighted by Crippen LogP contribution is -2.29. The molecule has 0 radical (unpaired) electrons. The van der Waals surface area contributed by atoms with Gasteiger partial charge in [-0.25, -0.2) is 0 Å². The number of fused-ring (bicyclic) bond motifs is 6. The van der Waals surface area contributed by atoms with Gasteiger partial charge in [-0.15, -0.1) is 0 Å². The molecule has 52 heavy (non-hydrogen) atoms. The Bertz CT molecular complexity index is 2510. The summed E-state index contributed by atoms with van der Waals surface area (Å²) in [6.07, 6.45) is 2.93. The summed E-state index contributed by atoms with van der Waals surface area (Å²) in [5, 5.41) is 23.4. The van der Waals surface area contributed by atoms with Gasteiger partial charge in [-0.1, -0.05) is 116 Å². The van der Waals surface area contributed by atoms with Crippen molar-refractivity contribution in [2.24, 2.45) is 0 Å². The van der Waals surface area contributed by atoms with E-state index in [-0.39, 0.29) is 25.7 Å². The number of aliphatic hydroxyl groups is 2. The van der Waals surface area contributed by atoms with Crippen LogP contribution in [0.2, 0.25) is 0 Å². The lowest BCUT2D eigenvalue weighted by atomic mass is 9.66. The first kappa shape index (κ1) is 32.2. The summed E-state index contributed by atoms with van der Waals surface area (Å²) in [7, 11) is 0. The maximum Gasteiger partial charge on any atom is 0.120 e. The fourth-order valence-electron chi connectivity index (χ4n) is 8.61. The van der Waals surface area contributed by atoms with Gasteiger partial charge < -0.3 is 19.7 Å². The Morgan fingerprint density at radius 1 is 0.577 bits per heavy atom. The molecular formula is C48H40O4. The number of aliphatic hydroxyl groups excluding tert-OH is 2. The minimum atomic E-state index is -0.592. The van der Waals surface area contributed by atoms with Crippen LogP contribution in [0.1, 0.15) is 52.6 Å². The summed E-state index contributed by atoms with van der Waals surface area (Å²) in [6, 6.07) is 51.2. The molecule has 2 unspecified atom stereocenters. The number of rotatable bonds is 9. The molecule has 256 valence electrons. The average molecular weight is 681 g/mol. The van der Waals surface area contributed by atoms with Crippen molar-refractivity contribution in [2.75, 3.05) is 26.4 Å². The monoisotopic (exact) mass is 680 g/mol. The maximum atomic E-state index is 9.40. The van der Waals surface area contributed by atoms with Gasteiger partial charge >= 0.3 is 0 Å². The predicted octanol–water partition coefficient (Wildman–Crippen LogP) is 10.3. The Morgan fingerprint density at radius 2 is 1.23 bits per heavy atom. The topological polar surface area (TPSA) is 58.9 Å². The molecule has 0 bridgehead atoms. The molecule has 0 amide bonds. The second-order valence-corrected chi connectivity index (χ2v) is 14.0. The van der Waals surface area contributed by atoms with E-state index in [1.165, 1.54) is 60.8 Å². The fraction of sp³-hybridized carbons (Fsp3) is 0.167. The molecule has 2 N–H and O–H groups in total. The minimum Gasteiger partial charge on any atom is -0.496 e. The molecule has 0 fully saturated rings. The number of hydrogen-bond donors (Lipinski definition) is 2. The highest BCUT2D eigenvalue weighted by molar-refractivity contribution is 5.93. The lowest BCUT2D eigenvalue weighted by molar-refractivity contribution is 0.139. The Morgan fingerprint density at radius 3 is 2.12 bits per heavy atom. The van der Waals surface area contributed by atoms with Crippen LogP contribution in [0.15, 0.2) is 145 Å².